The fourth-order valence-electron chi connectivity index (χ4n) is 6.03. The molecule has 10 heteroatoms. The maximum Gasteiger partial charge on any atom is 0.410 e. The first-order valence-corrected chi connectivity index (χ1v) is 16.2. The normalized spacial score (nSPS) is 17.7. The second-order valence-corrected chi connectivity index (χ2v) is 13.1. The molecule has 0 aliphatic carbocycles. The van der Waals surface area contributed by atoms with E-state index in [2.05, 4.69) is 4.98 Å². The summed E-state index contributed by atoms with van der Waals surface area (Å²) in [5, 5.41) is 0.685. The average Bonchev–Trinajstić information content (AvgIpc) is 3.54. The number of rotatable bonds is 9. The predicted molar refractivity (Wildman–Crippen MR) is 175 cm³/mol. The number of oxazole rings is 1. The molecule has 6 rings (SSSR count). The number of carbonyl (C=O) groups excluding carboxylic acids is 2. The average molecular weight is 643 g/mol. The molecule has 2 saturated heterocycles. The van der Waals surface area contributed by atoms with Crippen molar-refractivity contribution in [1.82, 2.24) is 19.8 Å². The molecule has 0 spiro atoms. The van der Waals surface area contributed by atoms with Gasteiger partial charge in [0.1, 0.15) is 29.4 Å². The molecule has 46 heavy (non-hydrogen) atoms. The molecule has 4 heterocycles. The number of hydrogen-bond donors (Lipinski definition) is 0. The highest BCUT2D eigenvalue weighted by molar-refractivity contribution is 6.30. The molecule has 2 unspecified atom stereocenters. The summed E-state index contributed by atoms with van der Waals surface area (Å²) in [7, 11) is 0. The van der Waals surface area contributed by atoms with E-state index >= 15 is 0 Å². The SMILES string of the molecule is CCC(C)(C)OC(=O)N1C2CCC1CN(C(=O)c1ccc(COc3ccc(-c4nc(Cc5cccc(Cl)c5)oc4C)cc3)nc1)C2. The van der Waals surface area contributed by atoms with Crippen molar-refractivity contribution >= 4 is 23.6 Å². The third-order valence-electron chi connectivity index (χ3n) is 8.87. The molecule has 0 radical (unpaired) electrons. The molecule has 0 saturated carbocycles. The second kappa shape index (κ2) is 13.2. The number of halogens is 1. The van der Waals surface area contributed by atoms with E-state index in [1.54, 1.807) is 12.3 Å². The Bertz CT molecular complexity index is 1690. The lowest BCUT2D eigenvalue weighted by atomic mass is 10.1. The number of aromatic nitrogens is 2. The van der Waals surface area contributed by atoms with Crippen LogP contribution < -0.4 is 4.74 Å². The van der Waals surface area contributed by atoms with Gasteiger partial charge in [0.25, 0.3) is 5.91 Å². The zero-order valence-electron chi connectivity index (χ0n) is 26.7. The van der Waals surface area contributed by atoms with Crippen molar-refractivity contribution in [3.8, 4) is 17.0 Å². The Morgan fingerprint density at radius 1 is 1.04 bits per heavy atom. The Morgan fingerprint density at radius 2 is 1.78 bits per heavy atom. The van der Waals surface area contributed by atoms with Crippen molar-refractivity contribution < 1.29 is 23.5 Å². The molecular formula is C36H39ClN4O5. The monoisotopic (exact) mass is 642 g/mol. The van der Waals surface area contributed by atoms with Crippen LogP contribution in [0.3, 0.4) is 0 Å². The Hall–Kier alpha value is -4.37. The first kappa shape index (κ1) is 31.6. The van der Waals surface area contributed by atoms with Crippen molar-refractivity contribution in [2.75, 3.05) is 13.1 Å². The Morgan fingerprint density at radius 3 is 2.43 bits per heavy atom. The first-order valence-electron chi connectivity index (χ1n) is 15.8. The van der Waals surface area contributed by atoms with Crippen LogP contribution >= 0.6 is 11.6 Å². The summed E-state index contributed by atoms with van der Waals surface area (Å²) in [4.78, 5) is 39.1. The van der Waals surface area contributed by atoms with Crippen molar-refractivity contribution in [1.29, 1.82) is 0 Å². The highest BCUT2D eigenvalue weighted by Gasteiger charge is 2.45. The van der Waals surface area contributed by atoms with Crippen LogP contribution in [0, 0.1) is 6.92 Å². The van der Waals surface area contributed by atoms with Crippen molar-refractivity contribution in [3.63, 3.8) is 0 Å². The van der Waals surface area contributed by atoms with Crippen LogP contribution in [0.4, 0.5) is 4.79 Å². The minimum Gasteiger partial charge on any atom is -0.487 e. The molecule has 2 amide bonds. The van der Waals surface area contributed by atoms with Gasteiger partial charge in [-0.2, -0.15) is 0 Å². The number of piperazine rings is 1. The Labute approximate surface area is 274 Å². The minimum atomic E-state index is -0.509. The van der Waals surface area contributed by atoms with Crippen LogP contribution in [-0.2, 0) is 17.8 Å². The summed E-state index contributed by atoms with van der Waals surface area (Å²) >= 11 is 6.12. The van der Waals surface area contributed by atoms with Gasteiger partial charge >= 0.3 is 6.09 Å². The zero-order chi connectivity index (χ0) is 32.4. The van der Waals surface area contributed by atoms with E-state index < -0.39 is 5.60 Å². The molecule has 9 nitrogen and oxygen atoms in total. The van der Waals surface area contributed by atoms with Gasteiger partial charge in [-0.05, 0) is 94.1 Å². The fourth-order valence-corrected chi connectivity index (χ4v) is 6.24. The van der Waals surface area contributed by atoms with Gasteiger partial charge < -0.3 is 18.8 Å². The molecule has 240 valence electrons. The highest BCUT2D eigenvalue weighted by Crippen LogP contribution is 2.33. The molecular weight excluding hydrogens is 604 g/mol. The van der Waals surface area contributed by atoms with Gasteiger partial charge in [0.05, 0.1) is 23.3 Å². The maximum absolute atomic E-state index is 13.3. The Kier molecular flexibility index (Phi) is 9.04. The van der Waals surface area contributed by atoms with Crippen LogP contribution in [0.5, 0.6) is 5.75 Å². The second-order valence-electron chi connectivity index (χ2n) is 12.7. The Balaban J connectivity index is 1.02. The van der Waals surface area contributed by atoms with Crippen LogP contribution in [0.1, 0.15) is 73.3 Å². The third kappa shape index (κ3) is 7.04. The first-order chi connectivity index (χ1) is 22.1. The number of fused-ring (bicyclic) bond motifs is 2. The summed E-state index contributed by atoms with van der Waals surface area (Å²) in [5.74, 6) is 2.00. The number of ether oxygens (including phenoxy) is 2. The van der Waals surface area contributed by atoms with Crippen molar-refractivity contribution in [3.05, 3.63) is 100 Å². The highest BCUT2D eigenvalue weighted by atomic mass is 35.5. The van der Waals surface area contributed by atoms with Gasteiger partial charge in [0.15, 0.2) is 5.89 Å². The van der Waals surface area contributed by atoms with Gasteiger partial charge in [0.2, 0.25) is 0 Å². The molecule has 2 atom stereocenters. The number of nitrogens with zero attached hydrogens (tertiary/aromatic N) is 4. The standard InChI is InChI=1S/C36H39ClN4O5/c1-5-36(3,4)46-35(43)41-29-13-14-30(41)21-40(20-29)34(42)26-9-12-28(38-19-26)22-44-31-15-10-25(11-16-31)33-23(2)45-32(39-33)18-24-7-6-8-27(37)17-24/h6-12,15-17,19,29-30H,5,13-14,18,20-22H2,1-4H3. The van der Waals surface area contributed by atoms with Crippen LogP contribution in [-0.4, -0.2) is 62.5 Å². The molecule has 2 aromatic carbocycles. The van der Waals surface area contributed by atoms with Crippen molar-refractivity contribution in [2.24, 2.45) is 0 Å². The van der Waals surface area contributed by atoms with Crippen LogP contribution in [0.25, 0.3) is 11.3 Å². The van der Waals surface area contributed by atoms with E-state index in [4.69, 9.17) is 30.5 Å². The van der Waals surface area contributed by atoms with E-state index in [9.17, 15) is 9.59 Å². The summed E-state index contributed by atoms with van der Waals surface area (Å²) in [6.45, 7) is 9.01. The van der Waals surface area contributed by atoms with E-state index in [1.165, 1.54) is 0 Å². The lowest BCUT2D eigenvalue weighted by Gasteiger charge is -2.41. The van der Waals surface area contributed by atoms with E-state index in [0.29, 0.717) is 47.4 Å². The molecule has 2 fully saturated rings. The zero-order valence-corrected chi connectivity index (χ0v) is 27.4. The molecule has 4 aromatic rings. The number of hydrogen-bond acceptors (Lipinski definition) is 7. The maximum atomic E-state index is 13.3. The van der Waals surface area contributed by atoms with Crippen LogP contribution in [0.15, 0.2) is 71.3 Å². The number of likely N-dealkylation sites (tertiary alicyclic amines) is 1. The smallest absolute Gasteiger partial charge is 0.410 e. The number of pyridine rings is 1. The van der Waals surface area contributed by atoms with Crippen molar-refractivity contribution in [2.45, 2.75) is 77.7 Å². The van der Waals surface area contributed by atoms with E-state index in [0.717, 1.165) is 41.8 Å². The quantitative estimate of drug-likeness (QED) is 0.187. The predicted octanol–water partition coefficient (Wildman–Crippen LogP) is 7.48. The number of benzene rings is 2. The van der Waals surface area contributed by atoms with Gasteiger partial charge in [-0.3, -0.25) is 14.7 Å². The van der Waals surface area contributed by atoms with Gasteiger partial charge in [-0.25, -0.2) is 9.78 Å². The van der Waals surface area contributed by atoms with Gasteiger partial charge in [0, 0.05) is 36.3 Å². The molecule has 0 N–H and O–H groups in total. The molecule has 2 aliphatic heterocycles. The van der Waals surface area contributed by atoms with Gasteiger partial charge in [-0.15, -0.1) is 0 Å². The molecule has 2 bridgehead atoms. The molecule has 2 aliphatic rings. The van der Waals surface area contributed by atoms with Crippen LogP contribution in [0.2, 0.25) is 5.02 Å². The fraction of sp³-hybridized carbons (Fsp3) is 0.389. The summed E-state index contributed by atoms with van der Waals surface area (Å²) in [6, 6.07) is 18.9. The number of carbonyl (C=O) groups is 2. The lowest BCUT2D eigenvalue weighted by molar-refractivity contribution is -0.0125. The minimum absolute atomic E-state index is 0.0287. The third-order valence-corrected chi connectivity index (χ3v) is 9.10. The summed E-state index contributed by atoms with van der Waals surface area (Å²) in [5.41, 5.74) is 3.49. The molecule has 2 aromatic heterocycles. The van der Waals surface area contributed by atoms with E-state index in [-0.39, 0.29) is 30.7 Å². The summed E-state index contributed by atoms with van der Waals surface area (Å²) in [6.07, 6.45) is 4.36. The summed E-state index contributed by atoms with van der Waals surface area (Å²) < 4.78 is 17.7. The topological polar surface area (TPSA) is 98.0 Å². The van der Waals surface area contributed by atoms with Gasteiger partial charge in [-0.1, -0.05) is 30.7 Å². The lowest BCUT2D eigenvalue weighted by Crippen LogP contribution is -2.58. The number of aryl methyl sites for hydroxylation is 1. The van der Waals surface area contributed by atoms with E-state index in [1.807, 2.05) is 92.1 Å². The largest absolute Gasteiger partial charge is 0.487 e. The number of amides is 2.